The van der Waals surface area contributed by atoms with Crippen LogP contribution in [0, 0.1) is 13.8 Å². The first kappa shape index (κ1) is 14.0. The molecule has 4 heteroatoms. The molecule has 2 unspecified atom stereocenters. The summed E-state index contributed by atoms with van der Waals surface area (Å²) < 4.78 is 0. The van der Waals surface area contributed by atoms with Crippen LogP contribution in [0.2, 0.25) is 0 Å². The Bertz CT molecular complexity index is 473. The maximum Gasteiger partial charge on any atom is 0.241 e. The number of amides is 1. The van der Waals surface area contributed by atoms with Gasteiger partial charge >= 0.3 is 0 Å². The van der Waals surface area contributed by atoms with Crippen LogP contribution in [0.4, 0.5) is 5.69 Å². The second-order valence-corrected chi connectivity index (χ2v) is 5.35. The first-order valence-electron chi connectivity index (χ1n) is 6.78. The van der Waals surface area contributed by atoms with E-state index in [0.29, 0.717) is 6.54 Å². The minimum atomic E-state index is -0.295. The van der Waals surface area contributed by atoms with Gasteiger partial charge in [0.05, 0.1) is 12.1 Å². The van der Waals surface area contributed by atoms with Crippen molar-refractivity contribution in [2.45, 2.75) is 39.3 Å². The second-order valence-electron chi connectivity index (χ2n) is 5.35. The van der Waals surface area contributed by atoms with Gasteiger partial charge in [0.15, 0.2) is 0 Å². The number of aliphatic hydroxyl groups is 1. The Morgan fingerprint density at radius 3 is 2.84 bits per heavy atom. The Labute approximate surface area is 114 Å². The van der Waals surface area contributed by atoms with Crippen LogP contribution < -0.4 is 5.32 Å². The Kier molecular flexibility index (Phi) is 4.22. The lowest BCUT2D eigenvalue weighted by atomic mass is 10.1. The van der Waals surface area contributed by atoms with Crippen molar-refractivity contribution in [2.75, 3.05) is 18.4 Å². The highest BCUT2D eigenvalue weighted by molar-refractivity contribution is 5.95. The van der Waals surface area contributed by atoms with E-state index >= 15 is 0 Å². The molecule has 0 spiro atoms. The summed E-state index contributed by atoms with van der Waals surface area (Å²) in [5.74, 6) is -0.0113. The SMILES string of the molecule is Cc1cccc(NC(=O)C(C)N2CCC(O)C2)c1C. The molecule has 1 aromatic rings. The lowest BCUT2D eigenvalue weighted by Gasteiger charge is -2.23. The quantitative estimate of drug-likeness (QED) is 0.871. The Hall–Kier alpha value is -1.39. The van der Waals surface area contributed by atoms with Crippen molar-refractivity contribution in [1.82, 2.24) is 4.90 Å². The third-order valence-corrected chi connectivity index (χ3v) is 3.98. The molecule has 2 N–H and O–H groups in total. The lowest BCUT2D eigenvalue weighted by Crippen LogP contribution is -2.41. The fourth-order valence-electron chi connectivity index (χ4n) is 2.41. The number of aliphatic hydroxyl groups excluding tert-OH is 1. The maximum absolute atomic E-state index is 12.2. The Morgan fingerprint density at radius 1 is 1.47 bits per heavy atom. The average Bonchev–Trinajstić information content (AvgIpc) is 2.80. The van der Waals surface area contributed by atoms with Gasteiger partial charge in [-0.1, -0.05) is 12.1 Å². The summed E-state index contributed by atoms with van der Waals surface area (Å²) in [4.78, 5) is 14.3. The summed E-state index contributed by atoms with van der Waals surface area (Å²) >= 11 is 0. The van der Waals surface area contributed by atoms with Gasteiger partial charge in [-0.05, 0) is 44.4 Å². The second kappa shape index (κ2) is 5.72. The first-order valence-corrected chi connectivity index (χ1v) is 6.78. The number of carbonyl (C=O) groups excluding carboxylic acids is 1. The van der Waals surface area contributed by atoms with Crippen molar-refractivity contribution in [2.24, 2.45) is 0 Å². The molecular formula is C15H22N2O2. The predicted octanol–water partition coefficient (Wildman–Crippen LogP) is 1.70. The van der Waals surface area contributed by atoms with E-state index in [9.17, 15) is 9.90 Å². The number of hydrogen-bond acceptors (Lipinski definition) is 3. The molecule has 0 radical (unpaired) electrons. The number of aryl methyl sites for hydroxylation is 1. The van der Waals surface area contributed by atoms with Crippen molar-refractivity contribution in [3.8, 4) is 0 Å². The van der Waals surface area contributed by atoms with Crippen LogP contribution in [0.1, 0.15) is 24.5 Å². The van der Waals surface area contributed by atoms with Gasteiger partial charge in [-0.3, -0.25) is 9.69 Å². The summed E-state index contributed by atoms with van der Waals surface area (Å²) in [6, 6.07) is 5.69. The average molecular weight is 262 g/mol. The van der Waals surface area contributed by atoms with Crippen LogP contribution >= 0.6 is 0 Å². The maximum atomic E-state index is 12.2. The largest absolute Gasteiger partial charge is 0.392 e. The monoisotopic (exact) mass is 262 g/mol. The third kappa shape index (κ3) is 3.14. The molecule has 1 fully saturated rings. The van der Waals surface area contributed by atoms with E-state index in [1.807, 2.05) is 43.9 Å². The van der Waals surface area contributed by atoms with Crippen molar-refractivity contribution < 1.29 is 9.90 Å². The molecule has 2 atom stereocenters. The van der Waals surface area contributed by atoms with Gasteiger partial charge in [0.2, 0.25) is 5.91 Å². The van der Waals surface area contributed by atoms with Crippen LogP contribution in [0.3, 0.4) is 0 Å². The van der Waals surface area contributed by atoms with Crippen LogP contribution in [-0.2, 0) is 4.79 Å². The number of β-amino-alcohol motifs (C(OH)–C–C–N with tert-alkyl or cyclic N) is 1. The smallest absolute Gasteiger partial charge is 0.241 e. The minimum absolute atomic E-state index is 0.0113. The molecule has 1 aliphatic heterocycles. The van der Waals surface area contributed by atoms with Crippen molar-refractivity contribution >= 4 is 11.6 Å². The fourth-order valence-corrected chi connectivity index (χ4v) is 2.41. The molecule has 0 aliphatic carbocycles. The van der Waals surface area contributed by atoms with E-state index in [2.05, 4.69) is 5.32 Å². The number of rotatable bonds is 3. The number of benzene rings is 1. The summed E-state index contributed by atoms with van der Waals surface area (Å²) in [7, 11) is 0. The minimum Gasteiger partial charge on any atom is -0.392 e. The highest BCUT2D eigenvalue weighted by atomic mass is 16.3. The van der Waals surface area contributed by atoms with Crippen LogP contribution in [0.25, 0.3) is 0 Å². The standard InChI is InChI=1S/C15H22N2O2/c1-10-5-4-6-14(11(10)2)16-15(19)12(3)17-8-7-13(18)9-17/h4-6,12-13,18H,7-9H2,1-3H3,(H,16,19). The van der Waals surface area contributed by atoms with Crippen molar-refractivity contribution in [3.63, 3.8) is 0 Å². The van der Waals surface area contributed by atoms with Crippen LogP contribution in [-0.4, -0.2) is 41.1 Å². The van der Waals surface area contributed by atoms with Gasteiger partial charge in [-0.15, -0.1) is 0 Å². The molecule has 4 nitrogen and oxygen atoms in total. The molecule has 1 aromatic carbocycles. The first-order chi connectivity index (χ1) is 8.99. The van der Waals surface area contributed by atoms with Crippen LogP contribution in [0.15, 0.2) is 18.2 Å². The van der Waals surface area contributed by atoms with E-state index in [1.165, 1.54) is 5.56 Å². The molecular weight excluding hydrogens is 240 g/mol. The lowest BCUT2D eigenvalue weighted by molar-refractivity contribution is -0.120. The fraction of sp³-hybridized carbons (Fsp3) is 0.533. The number of nitrogens with zero attached hydrogens (tertiary/aromatic N) is 1. The zero-order valence-electron chi connectivity index (χ0n) is 11.8. The Morgan fingerprint density at radius 2 is 2.21 bits per heavy atom. The number of hydrogen-bond donors (Lipinski definition) is 2. The third-order valence-electron chi connectivity index (χ3n) is 3.98. The van der Waals surface area contributed by atoms with Crippen molar-refractivity contribution in [3.05, 3.63) is 29.3 Å². The number of nitrogens with one attached hydrogen (secondary N) is 1. The molecule has 0 saturated carbocycles. The van der Waals surface area contributed by atoms with Gasteiger partial charge in [0.1, 0.15) is 0 Å². The van der Waals surface area contributed by atoms with E-state index in [0.717, 1.165) is 24.2 Å². The Balaban J connectivity index is 2.02. The summed E-state index contributed by atoms with van der Waals surface area (Å²) in [6.07, 6.45) is 0.456. The van der Waals surface area contributed by atoms with Crippen LogP contribution in [0.5, 0.6) is 0 Å². The van der Waals surface area contributed by atoms with E-state index in [1.54, 1.807) is 0 Å². The van der Waals surface area contributed by atoms with E-state index < -0.39 is 0 Å². The number of anilines is 1. The normalized spacial score (nSPS) is 21.4. The number of likely N-dealkylation sites (tertiary alicyclic amines) is 1. The summed E-state index contributed by atoms with van der Waals surface area (Å²) in [5.41, 5.74) is 3.14. The summed E-state index contributed by atoms with van der Waals surface area (Å²) in [6.45, 7) is 7.29. The molecule has 1 saturated heterocycles. The molecule has 1 aliphatic rings. The van der Waals surface area contributed by atoms with Gasteiger partial charge in [0.25, 0.3) is 0 Å². The molecule has 0 aromatic heterocycles. The molecule has 104 valence electrons. The zero-order chi connectivity index (χ0) is 14.0. The van der Waals surface area contributed by atoms with Gasteiger partial charge in [0, 0.05) is 18.8 Å². The topological polar surface area (TPSA) is 52.6 Å². The van der Waals surface area contributed by atoms with E-state index in [4.69, 9.17) is 0 Å². The van der Waals surface area contributed by atoms with Crippen molar-refractivity contribution in [1.29, 1.82) is 0 Å². The molecule has 2 rings (SSSR count). The molecule has 1 heterocycles. The van der Waals surface area contributed by atoms with Gasteiger partial charge < -0.3 is 10.4 Å². The van der Waals surface area contributed by atoms with Gasteiger partial charge in [-0.25, -0.2) is 0 Å². The van der Waals surface area contributed by atoms with E-state index in [-0.39, 0.29) is 18.1 Å². The van der Waals surface area contributed by atoms with Gasteiger partial charge in [-0.2, -0.15) is 0 Å². The molecule has 0 bridgehead atoms. The molecule has 19 heavy (non-hydrogen) atoms. The zero-order valence-corrected chi connectivity index (χ0v) is 11.8. The number of carbonyl (C=O) groups is 1. The highest BCUT2D eigenvalue weighted by Crippen LogP contribution is 2.19. The molecule has 1 amide bonds. The predicted molar refractivity (Wildman–Crippen MR) is 76.2 cm³/mol. The highest BCUT2D eigenvalue weighted by Gasteiger charge is 2.28. The summed E-state index contributed by atoms with van der Waals surface area (Å²) in [5, 5.41) is 12.5.